The van der Waals surface area contributed by atoms with Gasteiger partial charge in [-0.05, 0) is 44.5 Å². The van der Waals surface area contributed by atoms with Crippen molar-refractivity contribution >= 4 is 0 Å². The van der Waals surface area contributed by atoms with Crippen LogP contribution < -0.4 is 9.47 Å². The zero-order valence-corrected chi connectivity index (χ0v) is 14.1. The fourth-order valence-corrected chi connectivity index (χ4v) is 5.23. The Morgan fingerprint density at radius 2 is 2.25 bits per heavy atom. The first-order chi connectivity index (χ1) is 11.6. The molecule has 0 saturated carbocycles. The molecule has 0 spiro atoms. The molecule has 1 fully saturated rings. The lowest BCUT2D eigenvalue weighted by Gasteiger charge is -2.57. The van der Waals surface area contributed by atoms with Crippen LogP contribution in [0.3, 0.4) is 0 Å². The molecule has 1 saturated heterocycles. The van der Waals surface area contributed by atoms with Crippen LogP contribution >= 0.6 is 0 Å². The summed E-state index contributed by atoms with van der Waals surface area (Å²) in [7, 11) is 3.84. The lowest BCUT2D eigenvalue weighted by Crippen LogP contribution is -2.60. The summed E-state index contributed by atoms with van der Waals surface area (Å²) in [5.74, 6) is 3.09. The summed E-state index contributed by atoms with van der Waals surface area (Å²) >= 11 is 0. The number of rotatable bonds is 3. The van der Waals surface area contributed by atoms with Crippen molar-refractivity contribution in [3.05, 3.63) is 29.3 Å². The predicted molar refractivity (Wildman–Crippen MR) is 88.7 cm³/mol. The maximum absolute atomic E-state index is 10.4. The van der Waals surface area contributed by atoms with Crippen molar-refractivity contribution in [3.8, 4) is 17.2 Å². The summed E-state index contributed by atoms with van der Waals surface area (Å²) in [6.07, 6.45) is 6.71. The molecule has 2 heterocycles. The number of methoxy groups -OCH3 is 1. The predicted octanol–water partition coefficient (Wildman–Crippen LogP) is 2.21. The van der Waals surface area contributed by atoms with Gasteiger partial charge in [0.2, 0.25) is 5.75 Å². The van der Waals surface area contributed by atoms with Gasteiger partial charge in [-0.1, -0.05) is 12.2 Å². The highest BCUT2D eigenvalue weighted by atomic mass is 16.7. The number of aliphatic hydroxyl groups excluding tert-OH is 1. The summed E-state index contributed by atoms with van der Waals surface area (Å²) in [5, 5.41) is 10.4. The average Bonchev–Trinajstić information content (AvgIpc) is 3.37. The minimum atomic E-state index is -0.371. The van der Waals surface area contributed by atoms with Crippen LogP contribution in [0.2, 0.25) is 0 Å². The molecule has 0 unspecified atom stereocenters. The van der Waals surface area contributed by atoms with Crippen molar-refractivity contribution in [2.24, 2.45) is 5.92 Å². The van der Waals surface area contributed by atoms with Gasteiger partial charge in [0.25, 0.3) is 0 Å². The number of likely N-dealkylation sites (tertiary alicyclic amines) is 1. The van der Waals surface area contributed by atoms with Crippen molar-refractivity contribution < 1.29 is 19.3 Å². The van der Waals surface area contributed by atoms with E-state index >= 15 is 0 Å². The van der Waals surface area contributed by atoms with Gasteiger partial charge >= 0.3 is 0 Å². The Bertz CT molecular complexity index is 731. The Hall–Kier alpha value is -1.56. The second kappa shape index (κ2) is 4.97. The lowest BCUT2D eigenvalue weighted by atomic mass is 9.54. The smallest absolute Gasteiger partial charge is 0.212 e. The molecule has 1 aromatic carbocycles. The van der Waals surface area contributed by atoms with Gasteiger partial charge in [-0.25, -0.2) is 0 Å². The summed E-state index contributed by atoms with van der Waals surface area (Å²) in [6, 6.07) is 2.63. The van der Waals surface area contributed by atoms with Crippen LogP contribution in [0.4, 0.5) is 0 Å². The van der Waals surface area contributed by atoms with Gasteiger partial charge in [0.1, 0.15) is 0 Å². The van der Waals surface area contributed by atoms with E-state index in [1.807, 2.05) is 6.08 Å². The zero-order chi connectivity index (χ0) is 16.5. The van der Waals surface area contributed by atoms with Gasteiger partial charge in [0.05, 0.1) is 6.10 Å². The molecule has 1 N–H and O–H groups in total. The Kier molecular flexibility index (Phi) is 3.06. The number of aliphatic hydroxyl groups is 1. The highest BCUT2D eigenvalue weighted by Gasteiger charge is 2.55. The Labute approximate surface area is 141 Å². The van der Waals surface area contributed by atoms with Crippen LogP contribution in [-0.2, 0) is 16.6 Å². The Balaban J connectivity index is 1.67. The molecule has 2 aliphatic carbocycles. The summed E-state index contributed by atoms with van der Waals surface area (Å²) in [4.78, 5) is 2.47. The molecule has 5 nitrogen and oxygen atoms in total. The highest BCUT2D eigenvalue weighted by molar-refractivity contribution is 5.71. The first-order valence-electron chi connectivity index (χ1n) is 8.70. The topological polar surface area (TPSA) is 54.5 Å². The number of nitrogens with zero attached hydrogens (tertiary/aromatic N) is 1. The molecule has 0 radical (unpaired) electrons. The third kappa shape index (κ3) is 1.86. The summed E-state index contributed by atoms with van der Waals surface area (Å²) in [5.41, 5.74) is 2.64. The zero-order valence-electron chi connectivity index (χ0n) is 14.1. The average molecular weight is 329 g/mol. The van der Waals surface area contributed by atoms with Gasteiger partial charge in [-0.3, -0.25) is 0 Å². The molecule has 4 aliphatic rings. The van der Waals surface area contributed by atoms with Crippen LogP contribution in [0.1, 0.15) is 24.0 Å². The first-order valence-corrected chi connectivity index (χ1v) is 8.70. The number of benzene rings is 1. The van der Waals surface area contributed by atoms with E-state index < -0.39 is 0 Å². The minimum Gasteiger partial charge on any atom is -0.463 e. The van der Waals surface area contributed by atoms with E-state index in [1.165, 1.54) is 11.1 Å². The second-order valence-corrected chi connectivity index (χ2v) is 7.55. The molecule has 5 rings (SSSR count). The maximum atomic E-state index is 10.4. The molecule has 4 atom stereocenters. The first kappa shape index (κ1) is 14.8. The van der Waals surface area contributed by atoms with Crippen molar-refractivity contribution in [1.29, 1.82) is 0 Å². The van der Waals surface area contributed by atoms with Crippen molar-refractivity contribution in [1.82, 2.24) is 4.90 Å². The monoisotopic (exact) mass is 329 g/mol. The van der Waals surface area contributed by atoms with E-state index in [4.69, 9.17) is 14.2 Å². The van der Waals surface area contributed by atoms with Crippen LogP contribution in [-0.4, -0.2) is 49.6 Å². The number of likely N-dealkylation sites (N-methyl/N-ethyl adjacent to an activating group) is 1. The highest BCUT2D eigenvalue weighted by Crippen LogP contribution is 2.63. The number of fused-ring (bicyclic) bond motifs is 3. The van der Waals surface area contributed by atoms with Crippen molar-refractivity contribution in [3.63, 3.8) is 0 Å². The number of hydrogen-bond donors (Lipinski definition) is 1. The molecule has 0 amide bonds. The number of piperidine rings is 1. The van der Waals surface area contributed by atoms with E-state index in [2.05, 4.69) is 24.1 Å². The Morgan fingerprint density at radius 1 is 1.38 bits per heavy atom. The van der Waals surface area contributed by atoms with Crippen LogP contribution in [0, 0.1) is 5.92 Å². The lowest BCUT2D eigenvalue weighted by molar-refractivity contribution is 0.0202. The fraction of sp³-hybridized carbons (Fsp3) is 0.579. The van der Waals surface area contributed by atoms with E-state index in [0.717, 1.165) is 43.1 Å². The van der Waals surface area contributed by atoms with Crippen LogP contribution in [0.25, 0.3) is 0 Å². The molecular weight excluding hydrogens is 306 g/mol. The van der Waals surface area contributed by atoms with Gasteiger partial charge in [-0.15, -0.1) is 0 Å². The van der Waals surface area contributed by atoms with E-state index in [-0.39, 0.29) is 18.3 Å². The number of ether oxygens (including phenoxy) is 3. The van der Waals surface area contributed by atoms with E-state index in [0.29, 0.717) is 12.0 Å². The molecule has 0 aromatic heterocycles. The SMILES string of the molecule is COCOc1cc2c(c3c1O3)C[C@@H]1[C@@H]3C=C[C@H](O)C[C@]23CCN1C. The molecule has 2 bridgehead atoms. The molecular formula is C19H23NO4. The second-order valence-electron chi connectivity index (χ2n) is 7.55. The van der Waals surface area contributed by atoms with Crippen LogP contribution in [0.15, 0.2) is 18.2 Å². The third-order valence-corrected chi connectivity index (χ3v) is 6.39. The van der Waals surface area contributed by atoms with Gasteiger partial charge in [0, 0.05) is 30.0 Å². The minimum absolute atomic E-state index is 0.00884. The van der Waals surface area contributed by atoms with Gasteiger partial charge in [0.15, 0.2) is 18.3 Å². The maximum Gasteiger partial charge on any atom is 0.212 e. The van der Waals surface area contributed by atoms with Crippen molar-refractivity contribution in [2.75, 3.05) is 27.5 Å². The van der Waals surface area contributed by atoms with E-state index in [1.54, 1.807) is 7.11 Å². The summed E-state index contributed by atoms with van der Waals surface area (Å²) in [6.45, 7) is 1.28. The fourth-order valence-electron chi connectivity index (χ4n) is 5.23. The molecule has 24 heavy (non-hydrogen) atoms. The quantitative estimate of drug-likeness (QED) is 0.532. The third-order valence-electron chi connectivity index (χ3n) is 6.39. The molecule has 1 aromatic rings. The van der Waals surface area contributed by atoms with Crippen LogP contribution in [0.5, 0.6) is 17.2 Å². The molecule has 5 heteroatoms. The molecule has 128 valence electrons. The van der Waals surface area contributed by atoms with E-state index in [9.17, 15) is 5.11 Å². The van der Waals surface area contributed by atoms with Crippen molar-refractivity contribution in [2.45, 2.75) is 36.8 Å². The number of hydrogen-bond acceptors (Lipinski definition) is 5. The Morgan fingerprint density at radius 3 is 3.08 bits per heavy atom. The largest absolute Gasteiger partial charge is 0.463 e. The molecule has 2 aliphatic heterocycles. The normalized spacial score (nSPS) is 35.5. The summed E-state index contributed by atoms with van der Waals surface area (Å²) < 4.78 is 16.6. The van der Waals surface area contributed by atoms with Gasteiger partial charge < -0.3 is 24.2 Å². The van der Waals surface area contributed by atoms with Gasteiger partial charge in [-0.2, -0.15) is 0 Å². The standard InChI is InChI=1S/C19H23NO4/c1-20-6-5-19-9-11(21)3-4-13(19)15(20)7-12-14(19)8-16(23-10-22-2)18-17(12)24-18/h3-4,8,11,13,15,21H,5-7,9-10H2,1-2H3/t11-,13-,15+,19-/m0/s1.